The van der Waals surface area contributed by atoms with E-state index in [0.717, 1.165) is 29.9 Å². The van der Waals surface area contributed by atoms with Gasteiger partial charge in [0, 0.05) is 12.6 Å². The van der Waals surface area contributed by atoms with E-state index < -0.39 is 55.2 Å². The Morgan fingerprint density at radius 1 is 1.31 bits per heavy atom. The second-order valence-corrected chi connectivity index (χ2v) is 11.3. The maximum absolute atomic E-state index is 13.8. The predicted molar refractivity (Wildman–Crippen MR) is 129 cm³/mol. The van der Waals surface area contributed by atoms with Gasteiger partial charge in [0.15, 0.2) is 4.90 Å². The third kappa shape index (κ3) is 5.91. The Labute approximate surface area is 209 Å². The van der Waals surface area contributed by atoms with E-state index in [2.05, 4.69) is 6.58 Å². The number of hydrogen-bond acceptors (Lipinski definition) is 8. The number of nitro benzene ring substituents is 1. The van der Waals surface area contributed by atoms with Gasteiger partial charge in [-0.25, -0.2) is 13.2 Å². The summed E-state index contributed by atoms with van der Waals surface area (Å²) < 4.78 is 33.7. The Kier molecular flexibility index (Phi) is 7.86. The van der Waals surface area contributed by atoms with Crippen LogP contribution in [0.3, 0.4) is 0 Å². The van der Waals surface area contributed by atoms with Crippen LogP contribution in [0, 0.1) is 16.0 Å². The van der Waals surface area contributed by atoms with Crippen molar-refractivity contribution in [1.29, 1.82) is 0 Å². The van der Waals surface area contributed by atoms with Crippen LogP contribution in [0.2, 0.25) is 0 Å². The van der Waals surface area contributed by atoms with Gasteiger partial charge in [-0.3, -0.25) is 24.6 Å². The molecule has 196 valence electrons. The number of nitro groups is 1. The molecule has 0 spiro atoms. The number of ether oxygens (including phenoxy) is 1. The number of sulfonamides is 1. The molecular formula is C23H30N4O8S. The van der Waals surface area contributed by atoms with Crippen LogP contribution in [-0.2, 0) is 24.4 Å². The minimum atomic E-state index is -4.62. The van der Waals surface area contributed by atoms with Crippen molar-refractivity contribution in [2.24, 2.45) is 11.7 Å². The first-order chi connectivity index (χ1) is 16.8. The highest BCUT2D eigenvalue weighted by Gasteiger charge is 2.48. The van der Waals surface area contributed by atoms with Crippen molar-refractivity contribution in [2.75, 3.05) is 13.2 Å². The van der Waals surface area contributed by atoms with Gasteiger partial charge >= 0.3 is 6.09 Å². The number of amides is 2. The molecule has 0 bridgehead atoms. The minimum absolute atomic E-state index is 0.0616. The molecular weight excluding hydrogens is 492 g/mol. The van der Waals surface area contributed by atoms with Crippen molar-refractivity contribution in [2.45, 2.75) is 56.2 Å². The zero-order chi connectivity index (χ0) is 26.8. The molecule has 0 aromatic heterocycles. The topological polar surface area (TPSA) is 162 Å². The smallest absolute Gasteiger partial charge is 0.411 e. The van der Waals surface area contributed by atoms with E-state index in [-0.39, 0.29) is 19.1 Å². The van der Waals surface area contributed by atoms with Crippen LogP contribution in [0.5, 0.6) is 0 Å². The molecule has 1 aliphatic heterocycles. The number of carbonyl (C=O) groups excluding carboxylic acids is 2. The average Bonchev–Trinajstić information content (AvgIpc) is 3.63. The summed E-state index contributed by atoms with van der Waals surface area (Å²) in [5, 5.41) is 11.6. The predicted octanol–water partition coefficient (Wildman–Crippen LogP) is 2.51. The average molecular weight is 523 g/mol. The van der Waals surface area contributed by atoms with Gasteiger partial charge in [0.2, 0.25) is 5.91 Å². The highest BCUT2D eigenvalue weighted by Crippen LogP contribution is 2.43. The van der Waals surface area contributed by atoms with Gasteiger partial charge in [0.1, 0.15) is 11.6 Å². The number of carbonyl (C=O) groups is 2. The zero-order valence-electron chi connectivity index (χ0n) is 20.3. The molecule has 13 heteroatoms. The van der Waals surface area contributed by atoms with Gasteiger partial charge in [-0.1, -0.05) is 28.8 Å². The summed E-state index contributed by atoms with van der Waals surface area (Å²) in [5.74, 6) is -0.869. The molecule has 3 rings (SSSR count). The van der Waals surface area contributed by atoms with Crippen molar-refractivity contribution in [3.63, 3.8) is 0 Å². The summed E-state index contributed by atoms with van der Waals surface area (Å²) in [6, 6.07) is 2.64. The highest BCUT2D eigenvalue weighted by molar-refractivity contribution is 7.89. The lowest BCUT2D eigenvalue weighted by Gasteiger charge is -2.41. The summed E-state index contributed by atoms with van der Waals surface area (Å²) in [4.78, 5) is 42.2. The molecule has 1 aromatic rings. The monoisotopic (exact) mass is 522 g/mol. The van der Waals surface area contributed by atoms with Gasteiger partial charge in [-0.2, -0.15) is 0 Å². The van der Waals surface area contributed by atoms with E-state index in [1.54, 1.807) is 20.8 Å². The van der Waals surface area contributed by atoms with Gasteiger partial charge in [0.25, 0.3) is 15.7 Å². The maximum Gasteiger partial charge on any atom is 0.411 e. The number of rotatable bonds is 9. The van der Waals surface area contributed by atoms with E-state index in [1.165, 1.54) is 24.3 Å². The van der Waals surface area contributed by atoms with Crippen molar-refractivity contribution in [3.05, 3.63) is 58.7 Å². The molecule has 0 saturated heterocycles. The molecule has 0 unspecified atom stereocenters. The molecule has 1 aliphatic carbocycles. The van der Waals surface area contributed by atoms with Crippen LogP contribution >= 0.6 is 0 Å². The first-order valence-corrected chi connectivity index (χ1v) is 12.7. The van der Waals surface area contributed by atoms with Crippen LogP contribution in [0.25, 0.3) is 0 Å². The summed E-state index contributed by atoms with van der Waals surface area (Å²) in [6.45, 7) is 7.94. The number of primary amides is 1. The minimum Gasteiger partial charge on any atom is -0.444 e. The molecule has 2 amide bonds. The van der Waals surface area contributed by atoms with Gasteiger partial charge in [0.05, 0.1) is 17.6 Å². The van der Waals surface area contributed by atoms with Crippen molar-refractivity contribution >= 4 is 27.7 Å². The fraction of sp³-hybridized carbons (Fsp3) is 0.478. The van der Waals surface area contributed by atoms with E-state index in [4.69, 9.17) is 15.3 Å². The summed E-state index contributed by atoms with van der Waals surface area (Å²) in [7, 11) is -4.62. The molecule has 1 aromatic carbocycles. The molecule has 2 atom stereocenters. The first kappa shape index (κ1) is 27.3. The summed E-state index contributed by atoms with van der Waals surface area (Å²) in [6.07, 6.45) is 3.40. The molecule has 0 radical (unpaired) electrons. The highest BCUT2D eigenvalue weighted by atomic mass is 32.2. The van der Waals surface area contributed by atoms with Crippen molar-refractivity contribution in [1.82, 2.24) is 9.37 Å². The Morgan fingerprint density at radius 3 is 2.47 bits per heavy atom. The number of benzene rings is 1. The lowest BCUT2D eigenvalue weighted by Crippen LogP contribution is -2.58. The quantitative estimate of drug-likeness (QED) is 0.294. The number of nitrogens with two attached hydrogens (primary N) is 1. The Bertz CT molecular complexity index is 1190. The van der Waals surface area contributed by atoms with Crippen molar-refractivity contribution < 1.29 is 32.5 Å². The van der Waals surface area contributed by atoms with Crippen LogP contribution in [0.4, 0.5) is 10.5 Å². The molecule has 2 N–H and O–H groups in total. The Morgan fingerprint density at radius 2 is 1.94 bits per heavy atom. The lowest BCUT2D eigenvalue weighted by molar-refractivity contribution is -0.388. The lowest BCUT2D eigenvalue weighted by atomic mass is 9.94. The Hall–Kier alpha value is -3.29. The van der Waals surface area contributed by atoms with E-state index in [9.17, 15) is 28.1 Å². The number of hydrogen-bond donors (Lipinski definition) is 1. The molecule has 1 heterocycles. The van der Waals surface area contributed by atoms with Crippen molar-refractivity contribution in [3.8, 4) is 0 Å². The van der Waals surface area contributed by atoms with Crippen LogP contribution in [0.15, 0.2) is 53.5 Å². The van der Waals surface area contributed by atoms with Gasteiger partial charge in [-0.05, 0) is 51.2 Å². The van der Waals surface area contributed by atoms with Crippen LogP contribution < -0.4 is 5.73 Å². The van der Waals surface area contributed by atoms with Gasteiger partial charge < -0.3 is 10.5 Å². The number of hydroxylamine groups is 1. The van der Waals surface area contributed by atoms with E-state index in [0.29, 0.717) is 10.0 Å². The molecule has 1 saturated carbocycles. The zero-order valence-corrected chi connectivity index (χ0v) is 21.1. The largest absolute Gasteiger partial charge is 0.444 e. The number of nitrogens with zero attached hydrogens (tertiary/aromatic N) is 3. The van der Waals surface area contributed by atoms with E-state index >= 15 is 0 Å². The standard InChI is InChI=1S/C23H30N4O8S/c1-5-12-34-27(36(32,33)20-9-7-6-8-17(20)26(30)31)19-14-25(22(29)35-23(2,3)4)18(21(24)28)13-16(19)15-10-11-15/h5-9,13,15,18-19H,1,10-12,14H2,2-4H3,(H2,24,28)/t18-,19-/m0/s1. The summed E-state index contributed by atoms with van der Waals surface area (Å²) >= 11 is 0. The third-order valence-corrected chi connectivity index (χ3v) is 7.29. The van der Waals surface area contributed by atoms with Gasteiger partial charge in [-0.15, -0.1) is 6.58 Å². The second-order valence-electron chi connectivity index (χ2n) is 9.51. The second kappa shape index (κ2) is 10.4. The summed E-state index contributed by atoms with van der Waals surface area (Å²) in [5.41, 5.74) is 4.61. The fourth-order valence-corrected chi connectivity index (χ4v) is 5.50. The molecule has 12 nitrogen and oxygen atoms in total. The molecule has 1 fully saturated rings. The third-order valence-electron chi connectivity index (χ3n) is 5.56. The maximum atomic E-state index is 13.8. The Balaban J connectivity index is 2.14. The van der Waals surface area contributed by atoms with Crippen LogP contribution in [0.1, 0.15) is 33.6 Å². The fourth-order valence-electron chi connectivity index (χ4n) is 3.92. The molecule has 2 aliphatic rings. The SMILES string of the molecule is C=CCON([C@H]1CN(C(=O)OC(C)(C)C)[C@H](C(N)=O)C=C1C1CC1)S(=O)(=O)c1ccccc1[N+](=O)[O-]. The normalized spacial score (nSPS) is 20.6. The first-order valence-electron chi connectivity index (χ1n) is 11.3. The van der Waals surface area contributed by atoms with Crippen LogP contribution in [-0.4, -0.2) is 65.5 Å². The van der Waals surface area contributed by atoms with E-state index in [1.807, 2.05) is 0 Å². The number of para-hydroxylation sites is 1. The molecule has 36 heavy (non-hydrogen) atoms.